The van der Waals surface area contributed by atoms with Gasteiger partial charge in [0, 0.05) is 23.4 Å². The number of aliphatic hydroxyl groups is 1. The molecule has 2 saturated heterocycles. The molecule has 3 aliphatic rings. The highest BCUT2D eigenvalue weighted by Gasteiger charge is 2.52. The number of rotatable bonds is 1. The van der Waals surface area contributed by atoms with E-state index >= 15 is 0 Å². The molecule has 2 atom stereocenters. The van der Waals surface area contributed by atoms with Crippen molar-refractivity contribution in [1.29, 1.82) is 0 Å². The lowest BCUT2D eigenvalue weighted by Gasteiger charge is -2.49. The van der Waals surface area contributed by atoms with E-state index in [2.05, 4.69) is 28.2 Å². The fourth-order valence-electron chi connectivity index (χ4n) is 3.83. The van der Waals surface area contributed by atoms with E-state index in [0.717, 1.165) is 29.4 Å². The predicted molar refractivity (Wildman–Crippen MR) is 92.2 cm³/mol. The quantitative estimate of drug-likeness (QED) is 0.874. The molecule has 2 fully saturated rings. The first kappa shape index (κ1) is 13.6. The van der Waals surface area contributed by atoms with Crippen LogP contribution in [-0.2, 0) is 5.72 Å². The lowest BCUT2D eigenvalue weighted by Crippen LogP contribution is -2.59. The molecule has 0 spiro atoms. The van der Waals surface area contributed by atoms with E-state index in [-0.39, 0.29) is 6.04 Å². The van der Waals surface area contributed by atoms with Gasteiger partial charge in [-0.2, -0.15) is 5.01 Å². The van der Waals surface area contributed by atoms with Gasteiger partial charge in [0.1, 0.15) is 0 Å². The van der Waals surface area contributed by atoms with Crippen LogP contribution in [0.5, 0.6) is 0 Å². The maximum Gasteiger partial charge on any atom is 0.179 e. The van der Waals surface area contributed by atoms with E-state index in [9.17, 15) is 5.11 Å². The van der Waals surface area contributed by atoms with Gasteiger partial charge in [-0.25, -0.2) is 4.99 Å². The molecule has 3 aliphatic heterocycles. The highest BCUT2D eigenvalue weighted by atomic mass is 32.2. The van der Waals surface area contributed by atoms with Crippen LogP contribution in [0.3, 0.4) is 0 Å². The van der Waals surface area contributed by atoms with Crippen LogP contribution < -0.4 is 0 Å². The smallest absolute Gasteiger partial charge is 0.179 e. The topological polar surface area (TPSA) is 39.1 Å². The highest BCUT2D eigenvalue weighted by Crippen LogP contribution is 2.50. The molecule has 0 radical (unpaired) electrons. The Hall–Kier alpha value is -1.82. The van der Waals surface area contributed by atoms with Crippen LogP contribution in [0.1, 0.15) is 23.6 Å². The average molecular weight is 323 g/mol. The Balaban J connectivity index is 1.62. The minimum atomic E-state index is -0.966. The van der Waals surface area contributed by atoms with E-state index in [0.29, 0.717) is 5.75 Å². The molecular weight excluding hydrogens is 306 g/mol. The van der Waals surface area contributed by atoms with Gasteiger partial charge in [-0.05, 0) is 12.5 Å². The van der Waals surface area contributed by atoms with Gasteiger partial charge in [-0.3, -0.25) is 5.01 Å². The van der Waals surface area contributed by atoms with Crippen LogP contribution in [0, 0.1) is 0 Å². The maximum atomic E-state index is 11.4. The van der Waals surface area contributed by atoms with Gasteiger partial charge >= 0.3 is 0 Å². The molecule has 116 valence electrons. The number of hydrogen-bond donors (Lipinski definition) is 1. The predicted octanol–water partition coefficient (Wildman–Crippen LogP) is 3.24. The summed E-state index contributed by atoms with van der Waals surface area (Å²) in [4.78, 5) is 4.82. The SMILES string of the molecule is O[C@]1(c2ccccc2)CSC2=Nc3ccccc3[C@H]3CCN1N23. The number of amidine groups is 1. The van der Waals surface area contributed by atoms with Crippen LogP contribution >= 0.6 is 11.8 Å². The monoisotopic (exact) mass is 323 g/mol. The molecule has 0 unspecified atom stereocenters. The summed E-state index contributed by atoms with van der Waals surface area (Å²) in [7, 11) is 0. The van der Waals surface area contributed by atoms with Crippen molar-refractivity contribution < 1.29 is 5.11 Å². The van der Waals surface area contributed by atoms with Crippen molar-refractivity contribution in [3.63, 3.8) is 0 Å². The van der Waals surface area contributed by atoms with Crippen molar-refractivity contribution in [2.75, 3.05) is 12.3 Å². The van der Waals surface area contributed by atoms with Crippen molar-refractivity contribution in [2.24, 2.45) is 4.99 Å². The van der Waals surface area contributed by atoms with Crippen LogP contribution in [0.2, 0.25) is 0 Å². The van der Waals surface area contributed by atoms with Gasteiger partial charge in [0.05, 0.1) is 11.7 Å². The van der Waals surface area contributed by atoms with Crippen molar-refractivity contribution in [3.05, 3.63) is 65.7 Å². The number of para-hydroxylation sites is 1. The molecule has 23 heavy (non-hydrogen) atoms. The summed E-state index contributed by atoms with van der Waals surface area (Å²) in [6.45, 7) is 0.837. The van der Waals surface area contributed by atoms with Crippen molar-refractivity contribution >= 4 is 22.6 Å². The van der Waals surface area contributed by atoms with E-state index in [1.807, 2.05) is 36.4 Å². The molecule has 0 aliphatic carbocycles. The second-order valence-electron chi connectivity index (χ2n) is 6.20. The number of benzene rings is 2. The fourth-order valence-corrected chi connectivity index (χ4v) is 5.00. The summed E-state index contributed by atoms with van der Waals surface area (Å²) in [6, 6.07) is 18.6. The first-order valence-electron chi connectivity index (χ1n) is 7.92. The van der Waals surface area contributed by atoms with E-state index < -0.39 is 5.72 Å². The fraction of sp³-hybridized carbons (Fsp3) is 0.278. The molecule has 0 aromatic heterocycles. The van der Waals surface area contributed by atoms with Crippen LogP contribution in [0.4, 0.5) is 5.69 Å². The normalized spacial score (nSPS) is 29.0. The number of nitrogens with zero attached hydrogens (tertiary/aromatic N) is 3. The average Bonchev–Trinajstić information content (AvgIpc) is 3.06. The summed E-state index contributed by atoms with van der Waals surface area (Å²) in [6.07, 6.45) is 1.01. The molecule has 0 bridgehead atoms. The molecule has 1 N–H and O–H groups in total. The molecule has 0 saturated carbocycles. The van der Waals surface area contributed by atoms with Crippen molar-refractivity contribution in [3.8, 4) is 0 Å². The Morgan fingerprint density at radius 1 is 1.09 bits per heavy atom. The Labute approximate surface area is 139 Å². The Morgan fingerprint density at radius 3 is 2.74 bits per heavy atom. The van der Waals surface area contributed by atoms with Crippen LogP contribution in [0.15, 0.2) is 59.6 Å². The zero-order valence-corrected chi connectivity index (χ0v) is 13.4. The summed E-state index contributed by atoms with van der Waals surface area (Å²) in [5.41, 5.74) is 2.32. The number of aliphatic imine (C=N–C) groups is 1. The van der Waals surface area contributed by atoms with Gasteiger partial charge < -0.3 is 5.11 Å². The Kier molecular flexibility index (Phi) is 2.86. The van der Waals surface area contributed by atoms with Gasteiger partial charge in [0.25, 0.3) is 0 Å². The highest BCUT2D eigenvalue weighted by molar-refractivity contribution is 8.13. The zero-order valence-electron chi connectivity index (χ0n) is 12.6. The second-order valence-corrected chi connectivity index (χ2v) is 7.14. The number of thioether (sulfide) groups is 1. The second kappa shape index (κ2) is 4.84. The van der Waals surface area contributed by atoms with Crippen LogP contribution in [0.25, 0.3) is 0 Å². The summed E-state index contributed by atoms with van der Waals surface area (Å²) < 4.78 is 0. The van der Waals surface area contributed by atoms with Crippen LogP contribution in [-0.4, -0.2) is 32.6 Å². The lowest BCUT2D eigenvalue weighted by atomic mass is 10.0. The largest absolute Gasteiger partial charge is 0.369 e. The van der Waals surface area contributed by atoms with E-state index in [1.54, 1.807) is 11.8 Å². The minimum Gasteiger partial charge on any atom is -0.369 e. The molecule has 5 rings (SSSR count). The summed E-state index contributed by atoms with van der Waals surface area (Å²) in [5.74, 6) is 0.598. The minimum absolute atomic E-state index is 0.279. The Morgan fingerprint density at radius 2 is 1.87 bits per heavy atom. The number of fused-ring (bicyclic) bond motifs is 2. The standard InChI is InChI=1S/C18H17N3OS/c22-18(13-6-2-1-3-7-13)12-23-17-19-15-9-5-4-8-14(15)16-10-11-20(18)21(16)17/h1-9,16,22H,10-12H2/t16-,18+/m1/s1. The van der Waals surface area contributed by atoms with Gasteiger partial charge in [0.15, 0.2) is 10.9 Å². The third-order valence-corrected chi connectivity index (χ3v) is 6.03. The third kappa shape index (κ3) is 1.84. The molecule has 2 aromatic rings. The van der Waals surface area contributed by atoms with E-state index in [4.69, 9.17) is 4.99 Å². The summed E-state index contributed by atoms with van der Waals surface area (Å²) >= 11 is 1.64. The molecule has 3 heterocycles. The molecule has 2 aromatic carbocycles. The number of hydrogen-bond acceptors (Lipinski definition) is 5. The molecular formula is C18H17N3OS. The number of hydrazine groups is 1. The van der Waals surface area contributed by atoms with Gasteiger partial charge in [0.2, 0.25) is 0 Å². The first-order chi connectivity index (χ1) is 11.3. The van der Waals surface area contributed by atoms with Gasteiger partial charge in [-0.15, -0.1) is 0 Å². The molecule has 5 heteroatoms. The van der Waals surface area contributed by atoms with E-state index in [1.165, 1.54) is 5.56 Å². The Bertz CT molecular complexity index is 794. The first-order valence-corrected chi connectivity index (χ1v) is 8.91. The maximum absolute atomic E-state index is 11.4. The van der Waals surface area contributed by atoms with Gasteiger partial charge in [-0.1, -0.05) is 60.3 Å². The zero-order chi connectivity index (χ0) is 15.4. The third-order valence-electron chi connectivity index (χ3n) is 4.94. The van der Waals surface area contributed by atoms with Crippen molar-refractivity contribution in [1.82, 2.24) is 10.0 Å². The lowest BCUT2D eigenvalue weighted by molar-refractivity contribution is -0.168. The summed E-state index contributed by atoms with van der Waals surface area (Å²) in [5, 5.41) is 16.8. The molecule has 0 amide bonds. The van der Waals surface area contributed by atoms with Crippen molar-refractivity contribution in [2.45, 2.75) is 18.2 Å². The molecule has 4 nitrogen and oxygen atoms in total.